The van der Waals surface area contributed by atoms with Gasteiger partial charge in [0.05, 0.1) is 0 Å². The molecule has 3 rings (SSSR count). The van der Waals surface area contributed by atoms with E-state index in [4.69, 9.17) is 4.74 Å². The normalized spacial score (nSPS) is 11.6. The van der Waals surface area contributed by atoms with Gasteiger partial charge in [-0.25, -0.2) is 0 Å². The molecule has 0 saturated heterocycles. The second kappa shape index (κ2) is 14.3. The summed E-state index contributed by atoms with van der Waals surface area (Å²) in [6.07, 6.45) is 2.27. The van der Waals surface area contributed by atoms with Gasteiger partial charge in [0.25, 0.3) is 5.91 Å². The van der Waals surface area contributed by atoms with E-state index in [-0.39, 0.29) is 18.4 Å². The van der Waals surface area contributed by atoms with Gasteiger partial charge in [-0.05, 0) is 66.8 Å². The van der Waals surface area contributed by atoms with Crippen LogP contribution in [0.2, 0.25) is 0 Å². The fourth-order valence-corrected chi connectivity index (χ4v) is 4.79. The lowest BCUT2D eigenvalue weighted by Crippen LogP contribution is -2.51. The van der Waals surface area contributed by atoms with E-state index in [1.807, 2.05) is 80.6 Å². The van der Waals surface area contributed by atoms with Crippen LogP contribution in [0.3, 0.4) is 0 Å². The molecule has 0 unspecified atom stereocenters. The van der Waals surface area contributed by atoms with Gasteiger partial charge >= 0.3 is 0 Å². The molecule has 37 heavy (non-hydrogen) atoms. The third-order valence-electron chi connectivity index (χ3n) is 6.11. The standard InChI is InChI=1S/C30H34Br2N2O3/c1-4-5-14-33-30(36)27(18-23-10-7-6-8-11-23)34(19-24-12-9-13-25(31)17-24)28(35)20-37-26-15-21(2)29(32)22(3)16-26/h6-13,15-17,27H,4-5,14,18-20H2,1-3H3,(H,33,36)/t27-/m0/s1. The lowest BCUT2D eigenvalue weighted by atomic mass is 10.0. The second-order valence-corrected chi connectivity index (χ2v) is 10.9. The van der Waals surface area contributed by atoms with Gasteiger partial charge in [-0.15, -0.1) is 0 Å². The van der Waals surface area contributed by atoms with Gasteiger partial charge < -0.3 is 15.0 Å². The number of carbonyl (C=O) groups is 2. The van der Waals surface area contributed by atoms with E-state index in [1.165, 1.54) is 0 Å². The molecule has 1 atom stereocenters. The number of ether oxygens (including phenoxy) is 1. The molecule has 0 aromatic heterocycles. The van der Waals surface area contributed by atoms with Crippen LogP contribution in [0.25, 0.3) is 0 Å². The van der Waals surface area contributed by atoms with Crippen LogP contribution >= 0.6 is 31.9 Å². The van der Waals surface area contributed by atoms with E-state index in [0.717, 1.165) is 44.0 Å². The number of aryl methyl sites for hydroxylation is 2. The van der Waals surface area contributed by atoms with Crippen LogP contribution in [0.15, 0.2) is 75.7 Å². The van der Waals surface area contributed by atoms with E-state index >= 15 is 0 Å². The number of amides is 2. The van der Waals surface area contributed by atoms with Crippen molar-refractivity contribution in [2.45, 2.75) is 52.6 Å². The Morgan fingerprint density at radius 2 is 1.62 bits per heavy atom. The minimum absolute atomic E-state index is 0.156. The molecule has 1 N–H and O–H groups in total. The van der Waals surface area contributed by atoms with Crippen LogP contribution in [0, 0.1) is 13.8 Å². The summed E-state index contributed by atoms with van der Waals surface area (Å²) in [4.78, 5) is 28.8. The van der Waals surface area contributed by atoms with Crippen molar-refractivity contribution in [1.82, 2.24) is 10.2 Å². The van der Waals surface area contributed by atoms with Crippen LogP contribution in [0.5, 0.6) is 5.75 Å². The summed E-state index contributed by atoms with van der Waals surface area (Å²) in [6.45, 7) is 6.76. The third-order valence-corrected chi connectivity index (χ3v) is 7.86. The van der Waals surface area contributed by atoms with Crippen LogP contribution in [-0.2, 0) is 22.6 Å². The van der Waals surface area contributed by atoms with E-state index in [0.29, 0.717) is 25.3 Å². The molecule has 3 aromatic carbocycles. The van der Waals surface area contributed by atoms with Gasteiger partial charge in [-0.3, -0.25) is 9.59 Å². The fourth-order valence-electron chi connectivity index (χ4n) is 4.11. The SMILES string of the molecule is CCCCNC(=O)[C@H](Cc1ccccc1)N(Cc1cccc(Br)c1)C(=O)COc1cc(C)c(Br)c(C)c1. The van der Waals surface area contributed by atoms with Crippen molar-refractivity contribution in [3.05, 3.63) is 97.9 Å². The maximum absolute atomic E-state index is 13.7. The average molecular weight is 630 g/mol. The lowest BCUT2D eigenvalue weighted by molar-refractivity contribution is -0.142. The predicted octanol–water partition coefficient (Wildman–Crippen LogP) is 6.76. The lowest BCUT2D eigenvalue weighted by Gasteiger charge is -2.31. The zero-order chi connectivity index (χ0) is 26.8. The topological polar surface area (TPSA) is 58.6 Å². The fraction of sp³-hybridized carbons (Fsp3) is 0.333. The molecule has 0 bridgehead atoms. The van der Waals surface area contributed by atoms with E-state index in [2.05, 4.69) is 44.1 Å². The highest BCUT2D eigenvalue weighted by Crippen LogP contribution is 2.26. The Morgan fingerprint density at radius 1 is 0.946 bits per heavy atom. The average Bonchev–Trinajstić information content (AvgIpc) is 2.88. The number of unbranched alkanes of at least 4 members (excludes halogenated alkanes) is 1. The van der Waals surface area contributed by atoms with Gasteiger partial charge in [0, 0.05) is 28.5 Å². The number of benzene rings is 3. The monoisotopic (exact) mass is 628 g/mol. The third kappa shape index (κ3) is 8.71. The van der Waals surface area contributed by atoms with E-state index < -0.39 is 6.04 Å². The van der Waals surface area contributed by atoms with Crippen molar-refractivity contribution in [2.24, 2.45) is 0 Å². The molecule has 0 heterocycles. The largest absolute Gasteiger partial charge is 0.484 e. The summed E-state index contributed by atoms with van der Waals surface area (Å²) in [5, 5.41) is 3.04. The molecule has 2 amide bonds. The Kier molecular flexibility index (Phi) is 11.2. The first kappa shape index (κ1) is 28.9. The summed E-state index contributed by atoms with van der Waals surface area (Å²) in [7, 11) is 0. The molecule has 196 valence electrons. The number of hydrogen-bond donors (Lipinski definition) is 1. The maximum atomic E-state index is 13.7. The zero-order valence-electron chi connectivity index (χ0n) is 21.6. The molecule has 0 fully saturated rings. The summed E-state index contributed by atoms with van der Waals surface area (Å²) in [5.41, 5.74) is 3.99. The smallest absolute Gasteiger partial charge is 0.261 e. The van der Waals surface area contributed by atoms with Gasteiger partial charge in [0.2, 0.25) is 5.91 Å². The van der Waals surface area contributed by atoms with Crippen LogP contribution in [0.4, 0.5) is 0 Å². The Labute approximate surface area is 236 Å². The number of carbonyl (C=O) groups excluding carboxylic acids is 2. The Morgan fingerprint density at radius 3 is 2.27 bits per heavy atom. The maximum Gasteiger partial charge on any atom is 0.261 e. The predicted molar refractivity (Wildman–Crippen MR) is 156 cm³/mol. The zero-order valence-corrected chi connectivity index (χ0v) is 24.8. The first-order chi connectivity index (χ1) is 17.8. The van der Waals surface area contributed by atoms with Crippen molar-refractivity contribution < 1.29 is 14.3 Å². The molecule has 0 aliphatic heterocycles. The Balaban J connectivity index is 1.90. The highest BCUT2D eigenvalue weighted by molar-refractivity contribution is 9.10. The molecule has 7 heteroatoms. The van der Waals surface area contributed by atoms with Crippen molar-refractivity contribution in [3.63, 3.8) is 0 Å². The Bertz CT molecular complexity index is 1180. The van der Waals surface area contributed by atoms with Crippen LogP contribution < -0.4 is 10.1 Å². The van der Waals surface area contributed by atoms with Gasteiger partial charge in [-0.2, -0.15) is 0 Å². The minimum Gasteiger partial charge on any atom is -0.484 e. The first-order valence-corrected chi connectivity index (χ1v) is 14.1. The molecule has 0 saturated carbocycles. The molecule has 0 aliphatic rings. The van der Waals surface area contributed by atoms with Crippen molar-refractivity contribution in [1.29, 1.82) is 0 Å². The number of halogens is 2. The molecular formula is C30H34Br2N2O3. The molecular weight excluding hydrogens is 596 g/mol. The molecule has 0 aliphatic carbocycles. The van der Waals surface area contributed by atoms with Crippen LogP contribution in [0.1, 0.15) is 42.0 Å². The highest BCUT2D eigenvalue weighted by Gasteiger charge is 2.30. The van der Waals surface area contributed by atoms with E-state index in [1.54, 1.807) is 4.90 Å². The molecule has 5 nitrogen and oxygen atoms in total. The quantitative estimate of drug-likeness (QED) is 0.225. The first-order valence-electron chi connectivity index (χ1n) is 12.5. The van der Waals surface area contributed by atoms with Crippen molar-refractivity contribution >= 4 is 43.7 Å². The summed E-state index contributed by atoms with van der Waals surface area (Å²) in [6, 6.07) is 20.7. The Hall–Kier alpha value is -2.64. The van der Waals surface area contributed by atoms with Crippen molar-refractivity contribution in [2.75, 3.05) is 13.2 Å². The molecule has 0 radical (unpaired) electrons. The van der Waals surface area contributed by atoms with Crippen molar-refractivity contribution in [3.8, 4) is 5.75 Å². The highest BCUT2D eigenvalue weighted by atomic mass is 79.9. The van der Waals surface area contributed by atoms with Crippen LogP contribution in [-0.4, -0.2) is 35.9 Å². The number of rotatable bonds is 12. The number of nitrogens with one attached hydrogen (secondary N) is 1. The summed E-state index contributed by atoms with van der Waals surface area (Å²) < 4.78 is 7.89. The van der Waals surface area contributed by atoms with Gasteiger partial charge in [0.1, 0.15) is 11.8 Å². The summed E-state index contributed by atoms with van der Waals surface area (Å²) >= 11 is 7.09. The summed E-state index contributed by atoms with van der Waals surface area (Å²) in [5.74, 6) is 0.224. The number of nitrogens with zero attached hydrogens (tertiary/aromatic N) is 1. The van der Waals surface area contributed by atoms with Gasteiger partial charge in [-0.1, -0.05) is 87.7 Å². The number of hydrogen-bond acceptors (Lipinski definition) is 3. The minimum atomic E-state index is -0.678. The second-order valence-electron chi connectivity index (χ2n) is 9.16. The molecule has 3 aromatic rings. The van der Waals surface area contributed by atoms with E-state index in [9.17, 15) is 9.59 Å². The van der Waals surface area contributed by atoms with Gasteiger partial charge in [0.15, 0.2) is 6.61 Å². The molecule has 0 spiro atoms.